The number of benzene rings is 3. The zero-order valence-electron chi connectivity index (χ0n) is 19.0. The highest BCUT2D eigenvalue weighted by Crippen LogP contribution is 2.20. The molecule has 0 aliphatic carbocycles. The number of carbonyl (C=O) groups is 2. The molecule has 34 heavy (non-hydrogen) atoms. The summed E-state index contributed by atoms with van der Waals surface area (Å²) in [6.07, 6.45) is 0.0739. The molecule has 3 N–H and O–H groups in total. The molecule has 1 unspecified atom stereocenters. The second-order valence-corrected chi connectivity index (χ2v) is 10.3. The number of fused-ring (bicyclic) bond motifs is 1. The molecule has 1 aliphatic heterocycles. The van der Waals surface area contributed by atoms with Crippen LogP contribution in [0.2, 0.25) is 0 Å². The highest BCUT2D eigenvalue weighted by Gasteiger charge is 2.34. The van der Waals surface area contributed by atoms with Gasteiger partial charge in [-0.15, -0.1) is 0 Å². The molecule has 3 aromatic carbocycles. The van der Waals surface area contributed by atoms with Crippen LogP contribution in [-0.2, 0) is 26.0 Å². The zero-order chi connectivity index (χ0) is 24.3. The van der Waals surface area contributed by atoms with Crippen molar-refractivity contribution in [2.24, 2.45) is 5.92 Å². The Balaban J connectivity index is 1.59. The number of likely N-dealkylation sites (N-methyl/N-ethyl adjacent to an activating group) is 1. The van der Waals surface area contributed by atoms with E-state index in [4.69, 9.17) is 5.73 Å². The molecular weight excluding hydrogens is 452 g/mol. The molecule has 0 radical (unpaired) electrons. The quantitative estimate of drug-likeness (QED) is 0.411. The van der Waals surface area contributed by atoms with Crippen molar-refractivity contribution in [1.82, 2.24) is 14.5 Å². The molecule has 2 amide bonds. The first-order chi connectivity index (χ1) is 16.2. The first kappa shape index (κ1) is 23.7. The minimum atomic E-state index is -4.17. The summed E-state index contributed by atoms with van der Waals surface area (Å²) in [6, 6.07) is 18.9. The molecule has 0 saturated carbocycles. The predicted octanol–water partition coefficient (Wildman–Crippen LogP) is 1.86. The highest BCUT2D eigenvalue weighted by molar-refractivity contribution is 7.90. The van der Waals surface area contributed by atoms with Crippen LogP contribution in [0.25, 0.3) is 10.8 Å². The van der Waals surface area contributed by atoms with Crippen molar-refractivity contribution in [3.8, 4) is 0 Å². The van der Waals surface area contributed by atoms with Gasteiger partial charge in [-0.1, -0.05) is 42.5 Å². The third kappa shape index (κ3) is 5.37. The van der Waals surface area contributed by atoms with Crippen LogP contribution in [0.3, 0.4) is 0 Å². The van der Waals surface area contributed by atoms with Crippen LogP contribution in [0.5, 0.6) is 0 Å². The van der Waals surface area contributed by atoms with Crippen molar-refractivity contribution < 1.29 is 18.0 Å². The van der Waals surface area contributed by atoms with E-state index < -0.39 is 21.8 Å². The van der Waals surface area contributed by atoms with Gasteiger partial charge in [0.2, 0.25) is 11.8 Å². The number of sulfonamides is 1. The third-order valence-electron chi connectivity index (χ3n) is 6.12. The lowest BCUT2D eigenvalue weighted by Crippen LogP contribution is -2.52. The number of nitrogens with one attached hydrogen (secondary N) is 1. The summed E-state index contributed by atoms with van der Waals surface area (Å²) in [5.41, 5.74) is 7.04. The Labute approximate surface area is 199 Å². The topological polar surface area (TPSA) is 113 Å². The van der Waals surface area contributed by atoms with E-state index in [9.17, 15) is 18.0 Å². The summed E-state index contributed by atoms with van der Waals surface area (Å²) in [5.74, 6) is -2.40. The molecule has 1 saturated heterocycles. The second-order valence-electron chi connectivity index (χ2n) is 8.61. The number of anilines is 1. The van der Waals surface area contributed by atoms with Gasteiger partial charge >= 0.3 is 0 Å². The average molecular weight is 481 g/mol. The first-order valence-electron chi connectivity index (χ1n) is 11.1. The van der Waals surface area contributed by atoms with Crippen LogP contribution in [0.15, 0.2) is 71.6 Å². The van der Waals surface area contributed by atoms with Gasteiger partial charge in [-0.2, -0.15) is 0 Å². The van der Waals surface area contributed by atoms with Crippen LogP contribution in [0.4, 0.5) is 5.69 Å². The smallest absolute Gasteiger partial charge is 0.264 e. The third-order valence-corrected chi connectivity index (χ3v) is 7.46. The fourth-order valence-corrected chi connectivity index (χ4v) is 5.08. The Morgan fingerprint density at radius 1 is 0.941 bits per heavy atom. The van der Waals surface area contributed by atoms with Gasteiger partial charge in [-0.05, 0) is 54.1 Å². The van der Waals surface area contributed by atoms with E-state index in [1.165, 1.54) is 12.1 Å². The molecule has 0 bridgehead atoms. The molecule has 9 heteroatoms. The van der Waals surface area contributed by atoms with Gasteiger partial charge in [0.05, 0.1) is 4.90 Å². The summed E-state index contributed by atoms with van der Waals surface area (Å²) in [5, 5.41) is 1.63. The number of nitrogens with zero attached hydrogens (tertiary/aromatic N) is 2. The molecule has 0 spiro atoms. The van der Waals surface area contributed by atoms with Gasteiger partial charge in [0.1, 0.15) is 5.92 Å². The van der Waals surface area contributed by atoms with Gasteiger partial charge in [0.15, 0.2) is 0 Å². The summed E-state index contributed by atoms with van der Waals surface area (Å²) in [7, 11) is -2.20. The van der Waals surface area contributed by atoms with Crippen LogP contribution in [0.1, 0.15) is 5.56 Å². The molecule has 1 aliphatic rings. The van der Waals surface area contributed by atoms with Crippen molar-refractivity contribution >= 4 is 38.3 Å². The summed E-state index contributed by atoms with van der Waals surface area (Å²) < 4.78 is 28.2. The molecule has 1 heterocycles. The SMILES string of the molecule is CN1CCN(C(=O)C(Cc2ccc(N)cc2)C(=O)NS(=O)(=O)c2ccc3ccccc3c2)CC1. The van der Waals surface area contributed by atoms with Gasteiger partial charge in [-0.3, -0.25) is 9.59 Å². The number of piperazine rings is 1. The van der Waals surface area contributed by atoms with Crippen LogP contribution >= 0.6 is 0 Å². The molecule has 4 rings (SSSR count). The fraction of sp³-hybridized carbons (Fsp3) is 0.280. The largest absolute Gasteiger partial charge is 0.399 e. The standard InChI is InChI=1S/C25H28N4O4S/c1-28-12-14-29(15-13-28)25(31)23(16-18-6-9-21(26)10-7-18)24(30)27-34(32,33)22-11-8-19-4-2-3-5-20(19)17-22/h2-11,17,23H,12-16,26H2,1H3,(H,27,30). The van der Waals surface area contributed by atoms with Gasteiger partial charge < -0.3 is 15.5 Å². The number of rotatable bonds is 6. The summed E-state index contributed by atoms with van der Waals surface area (Å²) in [4.78, 5) is 30.3. The maximum Gasteiger partial charge on any atom is 0.264 e. The van der Waals surface area contributed by atoms with E-state index in [2.05, 4.69) is 9.62 Å². The van der Waals surface area contributed by atoms with E-state index in [1.54, 1.807) is 41.3 Å². The molecule has 1 atom stereocenters. The summed E-state index contributed by atoms with van der Waals surface area (Å²) >= 11 is 0. The van der Waals surface area contributed by atoms with Crippen molar-refractivity contribution in [3.05, 3.63) is 72.3 Å². The molecule has 178 valence electrons. The number of hydrogen-bond acceptors (Lipinski definition) is 6. The van der Waals surface area contributed by atoms with E-state index in [1.807, 2.05) is 25.2 Å². The van der Waals surface area contributed by atoms with Gasteiger partial charge in [0, 0.05) is 31.9 Å². The van der Waals surface area contributed by atoms with Gasteiger partial charge in [0.25, 0.3) is 10.0 Å². The Kier molecular flexibility index (Phi) is 6.85. The molecule has 1 fully saturated rings. The van der Waals surface area contributed by atoms with E-state index in [-0.39, 0.29) is 17.2 Å². The number of carbonyl (C=O) groups excluding carboxylic acids is 2. The second kappa shape index (κ2) is 9.82. The molecule has 8 nitrogen and oxygen atoms in total. The molecule has 0 aromatic heterocycles. The van der Waals surface area contributed by atoms with Crippen LogP contribution in [0, 0.1) is 5.92 Å². The lowest BCUT2D eigenvalue weighted by molar-refractivity contribution is -0.142. The fourth-order valence-electron chi connectivity index (χ4n) is 4.03. The number of nitrogen functional groups attached to an aromatic ring is 1. The van der Waals surface area contributed by atoms with Crippen molar-refractivity contribution in [2.75, 3.05) is 39.0 Å². The van der Waals surface area contributed by atoms with E-state index in [0.717, 1.165) is 16.3 Å². The maximum absolute atomic E-state index is 13.3. The number of amides is 2. The number of nitrogens with two attached hydrogens (primary N) is 1. The normalized spacial score (nSPS) is 15.7. The lowest BCUT2D eigenvalue weighted by Gasteiger charge is -2.34. The first-order valence-corrected chi connectivity index (χ1v) is 12.6. The molecular formula is C25H28N4O4S. The predicted molar refractivity (Wildman–Crippen MR) is 131 cm³/mol. The van der Waals surface area contributed by atoms with Crippen molar-refractivity contribution in [1.29, 1.82) is 0 Å². The van der Waals surface area contributed by atoms with E-state index >= 15 is 0 Å². The lowest BCUT2D eigenvalue weighted by atomic mass is 9.96. The Morgan fingerprint density at radius 2 is 1.59 bits per heavy atom. The minimum absolute atomic E-state index is 0.0298. The van der Waals surface area contributed by atoms with Crippen molar-refractivity contribution in [3.63, 3.8) is 0 Å². The van der Waals surface area contributed by atoms with Crippen LogP contribution in [-0.4, -0.2) is 63.3 Å². The number of hydrogen-bond donors (Lipinski definition) is 2. The zero-order valence-corrected chi connectivity index (χ0v) is 19.8. The molecule has 3 aromatic rings. The van der Waals surface area contributed by atoms with Gasteiger partial charge in [-0.25, -0.2) is 13.1 Å². The Morgan fingerprint density at radius 3 is 2.26 bits per heavy atom. The Hall–Kier alpha value is -3.43. The average Bonchev–Trinajstić information content (AvgIpc) is 2.83. The highest BCUT2D eigenvalue weighted by atomic mass is 32.2. The maximum atomic E-state index is 13.3. The Bertz CT molecular complexity index is 1300. The van der Waals surface area contributed by atoms with Crippen LogP contribution < -0.4 is 10.5 Å². The monoisotopic (exact) mass is 480 g/mol. The minimum Gasteiger partial charge on any atom is -0.399 e. The van der Waals surface area contributed by atoms with E-state index in [0.29, 0.717) is 31.9 Å². The summed E-state index contributed by atoms with van der Waals surface area (Å²) in [6.45, 7) is 2.35. The van der Waals surface area contributed by atoms with Crippen molar-refractivity contribution in [2.45, 2.75) is 11.3 Å².